The van der Waals surface area contributed by atoms with E-state index in [2.05, 4.69) is 17.1 Å². The normalized spacial score (nSPS) is 15.5. The van der Waals surface area contributed by atoms with Gasteiger partial charge in [-0.25, -0.2) is 0 Å². The van der Waals surface area contributed by atoms with Crippen LogP contribution in [0.4, 0.5) is 11.4 Å². The number of nitrogens with one attached hydrogen (secondary N) is 1. The summed E-state index contributed by atoms with van der Waals surface area (Å²) in [5.41, 5.74) is 2.47. The van der Waals surface area contributed by atoms with Crippen LogP contribution in [0.25, 0.3) is 0 Å². The van der Waals surface area contributed by atoms with Gasteiger partial charge in [0.1, 0.15) is 4.90 Å². The summed E-state index contributed by atoms with van der Waals surface area (Å²) in [7, 11) is -4.30. The summed E-state index contributed by atoms with van der Waals surface area (Å²) in [6, 6.07) is 15.1. The van der Waals surface area contributed by atoms with Crippen molar-refractivity contribution < 1.29 is 13.0 Å². The van der Waals surface area contributed by atoms with Crippen LogP contribution in [0, 0.1) is 0 Å². The first kappa shape index (κ1) is 25.6. The molecule has 0 saturated heterocycles. The molecule has 2 aromatic carbocycles. The zero-order chi connectivity index (χ0) is 23.5. The molecule has 0 aliphatic carbocycles. The van der Waals surface area contributed by atoms with E-state index >= 15 is 0 Å². The Kier molecular flexibility index (Phi) is 10.1. The Morgan fingerprint density at radius 1 is 0.818 bits per heavy atom. The fourth-order valence-corrected chi connectivity index (χ4v) is 5.48. The second kappa shape index (κ2) is 13.0. The fourth-order valence-electron chi connectivity index (χ4n) is 4.76. The molecule has 2 N–H and O–H groups in total. The average molecular weight is 473 g/mol. The summed E-state index contributed by atoms with van der Waals surface area (Å²) < 4.78 is 33.9. The predicted molar refractivity (Wildman–Crippen MR) is 137 cm³/mol. The van der Waals surface area contributed by atoms with Crippen molar-refractivity contribution in [2.24, 2.45) is 0 Å². The molecular formula is C27H40N2O3S. The first-order valence-electron chi connectivity index (χ1n) is 12.7. The molecule has 0 radical (unpaired) electrons. The first-order chi connectivity index (χ1) is 16.0. The molecule has 5 nitrogen and oxygen atoms in total. The molecule has 0 saturated carbocycles. The lowest BCUT2D eigenvalue weighted by molar-refractivity contribution is 0.482. The number of anilines is 2. The Labute approximate surface area is 200 Å². The monoisotopic (exact) mass is 472 g/mol. The van der Waals surface area contributed by atoms with Gasteiger partial charge in [-0.3, -0.25) is 4.55 Å². The highest BCUT2D eigenvalue weighted by molar-refractivity contribution is 7.86. The zero-order valence-electron chi connectivity index (χ0n) is 20.0. The van der Waals surface area contributed by atoms with Gasteiger partial charge in [0.25, 0.3) is 10.1 Å². The first-order valence-corrected chi connectivity index (χ1v) is 14.1. The van der Waals surface area contributed by atoms with Crippen LogP contribution >= 0.6 is 0 Å². The van der Waals surface area contributed by atoms with Gasteiger partial charge in [0.15, 0.2) is 0 Å². The van der Waals surface area contributed by atoms with Gasteiger partial charge < -0.3 is 10.2 Å². The van der Waals surface area contributed by atoms with Gasteiger partial charge in [-0.2, -0.15) is 8.42 Å². The Balaban J connectivity index is 1.53. The van der Waals surface area contributed by atoms with Gasteiger partial charge in [-0.15, -0.1) is 0 Å². The van der Waals surface area contributed by atoms with E-state index in [1.165, 1.54) is 70.3 Å². The molecule has 0 amide bonds. The minimum atomic E-state index is -4.30. The van der Waals surface area contributed by atoms with Crippen LogP contribution in [0.5, 0.6) is 0 Å². The standard InChI is InChI=1S/C27H40N2O3S/c1-2-3-4-5-6-7-8-9-10-11-15-21-26-28-24-19-16-20-25(33(30,31)32)27(24)29(26)22-23-17-13-12-14-18-23/h12-14,16-20,26,28H,2-11,15,21-22H2,1H3,(H,30,31,32). The molecule has 1 aliphatic rings. The summed E-state index contributed by atoms with van der Waals surface area (Å²) in [4.78, 5) is 2.08. The molecule has 1 unspecified atom stereocenters. The van der Waals surface area contributed by atoms with Gasteiger partial charge in [0.05, 0.1) is 17.5 Å². The number of rotatable bonds is 15. The highest BCUT2D eigenvalue weighted by atomic mass is 32.2. The molecule has 0 bridgehead atoms. The molecule has 33 heavy (non-hydrogen) atoms. The van der Waals surface area contributed by atoms with Gasteiger partial charge in [0, 0.05) is 6.54 Å². The number of unbranched alkanes of at least 4 members (excludes halogenated alkanes) is 10. The van der Waals surface area contributed by atoms with Crippen LogP contribution in [0.1, 0.15) is 89.5 Å². The van der Waals surface area contributed by atoms with Gasteiger partial charge >= 0.3 is 0 Å². The highest BCUT2D eigenvalue weighted by Gasteiger charge is 2.33. The van der Waals surface area contributed by atoms with E-state index < -0.39 is 10.1 Å². The maximum Gasteiger partial charge on any atom is 0.296 e. The van der Waals surface area contributed by atoms with E-state index in [-0.39, 0.29) is 11.1 Å². The van der Waals surface area contributed by atoms with Crippen molar-refractivity contribution >= 4 is 21.5 Å². The molecule has 0 aromatic heterocycles. The Morgan fingerprint density at radius 3 is 2.03 bits per heavy atom. The fraction of sp³-hybridized carbons (Fsp3) is 0.556. The molecular weight excluding hydrogens is 432 g/mol. The van der Waals surface area contributed by atoms with Crippen LogP contribution in [0.3, 0.4) is 0 Å². The quantitative estimate of drug-likeness (QED) is 0.209. The Hall–Kier alpha value is -2.05. The van der Waals surface area contributed by atoms with Crippen molar-refractivity contribution in [3.8, 4) is 0 Å². The van der Waals surface area contributed by atoms with Crippen molar-refractivity contribution in [1.29, 1.82) is 0 Å². The largest absolute Gasteiger partial charge is 0.363 e. The van der Waals surface area contributed by atoms with Crippen LogP contribution < -0.4 is 10.2 Å². The summed E-state index contributed by atoms with van der Waals surface area (Å²) in [5, 5.41) is 3.50. The number of nitrogens with zero attached hydrogens (tertiary/aromatic N) is 1. The van der Waals surface area contributed by atoms with E-state index in [1.54, 1.807) is 6.07 Å². The highest BCUT2D eigenvalue weighted by Crippen LogP contribution is 2.41. The van der Waals surface area contributed by atoms with E-state index in [1.807, 2.05) is 36.4 Å². The van der Waals surface area contributed by atoms with Crippen LogP contribution in [0.15, 0.2) is 53.4 Å². The number of hydrogen-bond acceptors (Lipinski definition) is 4. The van der Waals surface area contributed by atoms with Crippen LogP contribution in [-0.4, -0.2) is 19.1 Å². The molecule has 0 fully saturated rings. The summed E-state index contributed by atoms with van der Waals surface area (Å²) in [6.07, 6.45) is 15.3. The lowest BCUT2D eigenvalue weighted by Gasteiger charge is -2.28. The topological polar surface area (TPSA) is 69.6 Å². The Morgan fingerprint density at radius 2 is 1.42 bits per heavy atom. The van der Waals surface area contributed by atoms with E-state index in [0.717, 1.165) is 24.1 Å². The van der Waals surface area contributed by atoms with E-state index in [9.17, 15) is 13.0 Å². The molecule has 182 valence electrons. The van der Waals surface area contributed by atoms with Crippen LogP contribution in [0.2, 0.25) is 0 Å². The maximum absolute atomic E-state index is 12.1. The van der Waals surface area contributed by atoms with Crippen LogP contribution in [-0.2, 0) is 16.7 Å². The lowest BCUT2D eigenvalue weighted by atomic mass is 10.0. The van der Waals surface area contributed by atoms with Crippen molar-refractivity contribution in [1.82, 2.24) is 0 Å². The molecule has 1 heterocycles. The van der Waals surface area contributed by atoms with E-state index in [0.29, 0.717) is 12.2 Å². The number of hydrogen-bond donors (Lipinski definition) is 2. The second-order valence-corrected chi connectivity index (χ2v) is 10.6. The van der Waals surface area contributed by atoms with Crippen molar-refractivity contribution in [2.75, 3.05) is 10.2 Å². The minimum Gasteiger partial charge on any atom is -0.363 e. The minimum absolute atomic E-state index is 0.0154. The molecule has 6 heteroatoms. The second-order valence-electron chi connectivity index (χ2n) is 9.23. The lowest BCUT2D eigenvalue weighted by Crippen LogP contribution is -2.35. The van der Waals surface area contributed by atoms with Crippen molar-refractivity contribution in [2.45, 2.75) is 102 Å². The molecule has 1 atom stereocenters. The number of fused-ring (bicyclic) bond motifs is 1. The number of para-hydroxylation sites is 1. The van der Waals surface area contributed by atoms with Gasteiger partial charge in [-0.1, -0.05) is 108 Å². The van der Waals surface area contributed by atoms with Gasteiger partial charge in [-0.05, 0) is 30.5 Å². The number of benzene rings is 2. The Bertz CT molecular complexity index is 947. The smallest absolute Gasteiger partial charge is 0.296 e. The summed E-state index contributed by atoms with van der Waals surface area (Å²) in [5.74, 6) is 0. The van der Waals surface area contributed by atoms with E-state index in [4.69, 9.17) is 0 Å². The molecule has 1 aliphatic heterocycles. The molecule has 3 rings (SSSR count). The third-order valence-corrected chi connectivity index (χ3v) is 7.42. The van der Waals surface area contributed by atoms with Gasteiger partial charge in [0.2, 0.25) is 0 Å². The SMILES string of the molecule is CCCCCCCCCCCCCC1Nc2cccc(S(=O)(=O)O)c2N1Cc1ccccc1. The average Bonchev–Trinajstić information content (AvgIpc) is 3.14. The zero-order valence-corrected chi connectivity index (χ0v) is 20.8. The summed E-state index contributed by atoms with van der Waals surface area (Å²) >= 11 is 0. The third kappa shape index (κ3) is 7.75. The predicted octanol–water partition coefficient (Wildman–Crippen LogP) is 7.39. The van der Waals surface area contributed by atoms with Crippen molar-refractivity contribution in [3.05, 3.63) is 54.1 Å². The molecule has 2 aromatic rings. The van der Waals surface area contributed by atoms with Crippen molar-refractivity contribution in [3.63, 3.8) is 0 Å². The molecule has 0 spiro atoms. The third-order valence-electron chi connectivity index (χ3n) is 6.54. The maximum atomic E-state index is 12.1. The summed E-state index contributed by atoms with van der Waals surface area (Å²) in [6.45, 7) is 2.85.